The van der Waals surface area contributed by atoms with Crippen LogP contribution in [-0.4, -0.2) is 43.7 Å². The van der Waals surface area contributed by atoms with E-state index in [0.29, 0.717) is 0 Å². The number of ether oxygens (including phenoxy) is 1. The Morgan fingerprint density at radius 3 is 2.64 bits per heavy atom. The number of amides is 1. The second-order valence-electron chi connectivity index (χ2n) is 4.63. The Morgan fingerprint density at radius 2 is 2.29 bits per heavy atom. The van der Waals surface area contributed by atoms with Crippen LogP contribution in [0.15, 0.2) is 0 Å². The fourth-order valence-corrected chi connectivity index (χ4v) is 1.80. The van der Waals surface area contributed by atoms with Crippen LogP contribution >= 0.6 is 0 Å². The van der Waals surface area contributed by atoms with E-state index in [2.05, 4.69) is 13.8 Å². The largest absolute Gasteiger partial charge is 0.370 e. The Balaban J connectivity index is 2.54. The van der Waals surface area contributed by atoms with Gasteiger partial charge in [-0.15, -0.1) is 0 Å². The normalized spacial score (nSPS) is 22.4. The Kier molecular flexibility index (Phi) is 3.50. The van der Waals surface area contributed by atoms with E-state index in [9.17, 15) is 4.79 Å². The summed E-state index contributed by atoms with van der Waals surface area (Å²) >= 11 is 0. The van der Waals surface area contributed by atoms with Crippen LogP contribution in [0.4, 0.5) is 0 Å². The average molecular weight is 200 g/mol. The van der Waals surface area contributed by atoms with Crippen molar-refractivity contribution in [3.8, 4) is 0 Å². The Hall–Kier alpha value is -0.610. The second-order valence-corrected chi connectivity index (χ2v) is 4.63. The number of nitrogens with two attached hydrogens (primary N) is 1. The van der Waals surface area contributed by atoms with Crippen LogP contribution in [0.3, 0.4) is 0 Å². The topological polar surface area (TPSA) is 55.6 Å². The summed E-state index contributed by atoms with van der Waals surface area (Å²) in [5.41, 5.74) is 5.69. The predicted octanol–water partition coefficient (Wildman–Crippen LogP) is 0.219. The lowest BCUT2D eigenvalue weighted by Gasteiger charge is -2.23. The van der Waals surface area contributed by atoms with Gasteiger partial charge in [-0.2, -0.15) is 0 Å². The molecule has 1 unspecified atom stereocenters. The first-order chi connectivity index (χ1) is 6.50. The quantitative estimate of drug-likeness (QED) is 0.709. The van der Waals surface area contributed by atoms with Crippen LogP contribution in [0.2, 0.25) is 0 Å². The van der Waals surface area contributed by atoms with E-state index < -0.39 is 6.10 Å². The molecule has 0 spiro atoms. The maximum atomic E-state index is 11.8. The van der Waals surface area contributed by atoms with Gasteiger partial charge >= 0.3 is 0 Å². The zero-order chi connectivity index (χ0) is 10.8. The highest BCUT2D eigenvalue weighted by Crippen LogP contribution is 2.29. The van der Waals surface area contributed by atoms with Crippen LogP contribution < -0.4 is 5.73 Å². The number of hydrogen-bond acceptors (Lipinski definition) is 3. The molecule has 1 amide bonds. The molecule has 1 saturated heterocycles. The Labute approximate surface area is 85.4 Å². The standard InChI is InChI=1S/C10H20N2O2/c1-10(2)4-5-12(7-10)9(13)8(6-11)14-3/h8H,4-7,11H2,1-3H3. The van der Waals surface area contributed by atoms with Crippen molar-refractivity contribution in [3.05, 3.63) is 0 Å². The van der Waals surface area contributed by atoms with Gasteiger partial charge in [0, 0.05) is 26.7 Å². The summed E-state index contributed by atoms with van der Waals surface area (Å²) in [4.78, 5) is 13.7. The smallest absolute Gasteiger partial charge is 0.253 e. The number of nitrogens with zero attached hydrogens (tertiary/aromatic N) is 1. The van der Waals surface area contributed by atoms with Crippen molar-refractivity contribution in [2.45, 2.75) is 26.4 Å². The molecule has 1 fully saturated rings. The maximum absolute atomic E-state index is 11.8. The van der Waals surface area contributed by atoms with Gasteiger partial charge in [0.2, 0.25) is 0 Å². The van der Waals surface area contributed by atoms with Gasteiger partial charge in [-0.25, -0.2) is 0 Å². The van der Waals surface area contributed by atoms with E-state index in [1.807, 2.05) is 4.90 Å². The zero-order valence-corrected chi connectivity index (χ0v) is 9.25. The summed E-state index contributed by atoms with van der Waals surface area (Å²) < 4.78 is 5.03. The minimum absolute atomic E-state index is 0.0283. The maximum Gasteiger partial charge on any atom is 0.253 e. The van der Waals surface area contributed by atoms with Crippen LogP contribution in [0, 0.1) is 5.41 Å². The molecule has 82 valence electrons. The third-order valence-electron chi connectivity index (χ3n) is 2.76. The van der Waals surface area contributed by atoms with E-state index >= 15 is 0 Å². The van der Waals surface area contributed by atoms with Crippen molar-refractivity contribution in [2.75, 3.05) is 26.7 Å². The van der Waals surface area contributed by atoms with Crippen molar-refractivity contribution >= 4 is 5.91 Å². The summed E-state index contributed by atoms with van der Waals surface area (Å²) in [5.74, 6) is 0.0283. The molecule has 0 aliphatic carbocycles. The van der Waals surface area contributed by atoms with Gasteiger partial charge in [0.15, 0.2) is 0 Å². The summed E-state index contributed by atoms with van der Waals surface area (Å²) in [7, 11) is 1.52. The van der Waals surface area contributed by atoms with Crippen LogP contribution in [0.25, 0.3) is 0 Å². The molecular weight excluding hydrogens is 180 g/mol. The Bertz CT molecular complexity index is 212. The van der Waals surface area contributed by atoms with Crippen molar-refractivity contribution in [3.63, 3.8) is 0 Å². The fourth-order valence-electron chi connectivity index (χ4n) is 1.80. The third kappa shape index (κ3) is 2.45. The molecule has 1 aliphatic heterocycles. The van der Waals surface area contributed by atoms with E-state index in [1.54, 1.807) is 0 Å². The molecule has 4 nitrogen and oxygen atoms in total. The number of carbonyl (C=O) groups is 1. The monoisotopic (exact) mass is 200 g/mol. The molecule has 1 atom stereocenters. The van der Waals surface area contributed by atoms with Gasteiger partial charge in [-0.3, -0.25) is 4.79 Å². The summed E-state index contributed by atoms with van der Waals surface area (Å²) in [6.07, 6.45) is 0.587. The first-order valence-electron chi connectivity index (χ1n) is 5.02. The number of methoxy groups -OCH3 is 1. The van der Waals surface area contributed by atoms with Gasteiger partial charge in [0.25, 0.3) is 5.91 Å². The zero-order valence-electron chi connectivity index (χ0n) is 9.25. The SMILES string of the molecule is COC(CN)C(=O)N1CCC(C)(C)C1. The molecule has 0 aromatic heterocycles. The van der Waals surface area contributed by atoms with E-state index in [4.69, 9.17) is 10.5 Å². The van der Waals surface area contributed by atoms with Crippen molar-refractivity contribution in [2.24, 2.45) is 11.1 Å². The molecule has 2 N–H and O–H groups in total. The third-order valence-corrected chi connectivity index (χ3v) is 2.76. The molecule has 1 heterocycles. The first-order valence-corrected chi connectivity index (χ1v) is 5.02. The highest BCUT2D eigenvalue weighted by Gasteiger charge is 2.34. The number of hydrogen-bond donors (Lipinski definition) is 1. The number of rotatable bonds is 3. The fraction of sp³-hybridized carbons (Fsp3) is 0.900. The van der Waals surface area contributed by atoms with Crippen molar-refractivity contribution in [1.82, 2.24) is 4.90 Å². The number of carbonyl (C=O) groups excluding carboxylic acids is 1. The molecular formula is C10H20N2O2. The van der Waals surface area contributed by atoms with E-state index in [-0.39, 0.29) is 17.9 Å². The van der Waals surface area contributed by atoms with Crippen LogP contribution in [0.1, 0.15) is 20.3 Å². The minimum Gasteiger partial charge on any atom is -0.370 e. The van der Waals surface area contributed by atoms with Crippen molar-refractivity contribution in [1.29, 1.82) is 0 Å². The molecule has 0 radical (unpaired) electrons. The molecule has 0 bridgehead atoms. The summed E-state index contributed by atoms with van der Waals surface area (Å²) in [5, 5.41) is 0. The lowest BCUT2D eigenvalue weighted by molar-refractivity contribution is -0.140. The lowest BCUT2D eigenvalue weighted by atomic mass is 9.93. The molecule has 0 aromatic carbocycles. The van der Waals surface area contributed by atoms with Gasteiger partial charge in [0.1, 0.15) is 6.10 Å². The molecule has 0 aromatic rings. The first kappa shape index (κ1) is 11.5. The van der Waals surface area contributed by atoms with E-state index in [0.717, 1.165) is 19.5 Å². The second kappa shape index (κ2) is 4.28. The van der Waals surface area contributed by atoms with Crippen LogP contribution in [0.5, 0.6) is 0 Å². The van der Waals surface area contributed by atoms with E-state index in [1.165, 1.54) is 7.11 Å². The van der Waals surface area contributed by atoms with Gasteiger partial charge in [-0.05, 0) is 11.8 Å². The van der Waals surface area contributed by atoms with Gasteiger partial charge < -0.3 is 15.4 Å². The molecule has 0 saturated carbocycles. The lowest BCUT2D eigenvalue weighted by Crippen LogP contribution is -2.43. The van der Waals surface area contributed by atoms with Gasteiger partial charge in [0.05, 0.1) is 0 Å². The number of likely N-dealkylation sites (tertiary alicyclic amines) is 1. The molecule has 1 rings (SSSR count). The average Bonchev–Trinajstić information content (AvgIpc) is 2.48. The van der Waals surface area contributed by atoms with Gasteiger partial charge in [-0.1, -0.05) is 13.8 Å². The molecule has 14 heavy (non-hydrogen) atoms. The highest BCUT2D eigenvalue weighted by molar-refractivity contribution is 5.81. The van der Waals surface area contributed by atoms with Crippen molar-refractivity contribution < 1.29 is 9.53 Å². The summed E-state index contributed by atoms with van der Waals surface area (Å²) in [6.45, 7) is 6.23. The summed E-state index contributed by atoms with van der Waals surface area (Å²) in [6, 6.07) is 0. The Morgan fingerprint density at radius 1 is 1.64 bits per heavy atom. The predicted molar refractivity (Wildman–Crippen MR) is 54.8 cm³/mol. The molecule has 1 aliphatic rings. The van der Waals surface area contributed by atoms with Crippen LogP contribution in [-0.2, 0) is 9.53 Å². The minimum atomic E-state index is -0.469. The molecule has 4 heteroatoms. The highest BCUT2D eigenvalue weighted by atomic mass is 16.5.